The largest absolute Gasteiger partial charge is 0.370 e. The van der Waals surface area contributed by atoms with Crippen LogP contribution in [-0.2, 0) is 11.2 Å². The van der Waals surface area contributed by atoms with Crippen LogP contribution >= 0.6 is 11.8 Å². The molecule has 1 saturated heterocycles. The minimum atomic E-state index is -0.478. The molecule has 3 aromatic rings. The molecule has 3 aromatic carbocycles. The third kappa shape index (κ3) is 6.38. The minimum absolute atomic E-state index is 0.0768. The third-order valence-electron chi connectivity index (χ3n) is 5.80. The topological polar surface area (TPSA) is 44.4 Å². The van der Waals surface area contributed by atoms with Gasteiger partial charge < -0.3 is 15.5 Å². The number of aryl methyl sites for hydroxylation is 1. The van der Waals surface area contributed by atoms with Gasteiger partial charge in [0.1, 0.15) is 6.04 Å². The molecular weight excluding hydrogens is 414 g/mol. The number of anilines is 2. The standard InChI is InChI=1S/C27H31N3OS/c1-21-7-11-25(12-8-21)29-27(31)26(23-5-3-2-4-6-23)28-24-13-9-22(10-14-24)15-16-30-17-19-32-20-18-30/h2-14,26,28H,15-20H2,1H3,(H,29,31). The zero-order chi connectivity index (χ0) is 22.2. The van der Waals surface area contributed by atoms with Gasteiger partial charge in [-0.2, -0.15) is 11.8 Å². The van der Waals surface area contributed by atoms with Crippen molar-refractivity contribution in [3.8, 4) is 0 Å². The van der Waals surface area contributed by atoms with E-state index in [1.54, 1.807) is 0 Å². The van der Waals surface area contributed by atoms with Gasteiger partial charge in [0, 0.05) is 42.5 Å². The minimum Gasteiger partial charge on any atom is -0.370 e. The number of benzene rings is 3. The lowest BCUT2D eigenvalue weighted by molar-refractivity contribution is -0.117. The van der Waals surface area contributed by atoms with E-state index in [-0.39, 0.29) is 5.91 Å². The average molecular weight is 446 g/mol. The van der Waals surface area contributed by atoms with Gasteiger partial charge >= 0.3 is 0 Å². The van der Waals surface area contributed by atoms with Crippen molar-refractivity contribution in [3.05, 3.63) is 95.6 Å². The fourth-order valence-corrected chi connectivity index (χ4v) is 4.82. The van der Waals surface area contributed by atoms with Crippen LogP contribution in [0.15, 0.2) is 78.9 Å². The lowest BCUT2D eigenvalue weighted by Crippen LogP contribution is -2.34. The van der Waals surface area contributed by atoms with E-state index in [1.165, 1.54) is 35.7 Å². The number of hydrogen-bond acceptors (Lipinski definition) is 4. The maximum absolute atomic E-state index is 13.2. The molecule has 0 bridgehead atoms. The predicted molar refractivity (Wildman–Crippen MR) is 137 cm³/mol. The smallest absolute Gasteiger partial charge is 0.251 e. The maximum Gasteiger partial charge on any atom is 0.251 e. The molecule has 5 heteroatoms. The number of carbonyl (C=O) groups is 1. The van der Waals surface area contributed by atoms with Crippen LogP contribution in [0.1, 0.15) is 22.7 Å². The summed E-state index contributed by atoms with van der Waals surface area (Å²) >= 11 is 2.05. The molecule has 1 unspecified atom stereocenters. The van der Waals surface area contributed by atoms with E-state index < -0.39 is 6.04 Å². The first-order chi connectivity index (χ1) is 15.7. The van der Waals surface area contributed by atoms with Crippen molar-refractivity contribution in [3.63, 3.8) is 0 Å². The molecule has 1 amide bonds. The summed E-state index contributed by atoms with van der Waals surface area (Å²) in [6, 6.07) is 25.8. The molecule has 166 valence electrons. The van der Waals surface area contributed by atoms with Gasteiger partial charge in [-0.05, 0) is 48.7 Å². The van der Waals surface area contributed by atoms with Crippen LogP contribution in [0.3, 0.4) is 0 Å². The second-order valence-corrected chi connectivity index (χ2v) is 9.47. The van der Waals surface area contributed by atoms with Gasteiger partial charge in [-0.25, -0.2) is 0 Å². The molecule has 4 rings (SSSR count). The summed E-state index contributed by atoms with van der Waals surface area (Å²) in [6.45, 7) is 5.53. The van der Waals surface area contributed by atoms with E-state index in [0.29, 0.717) is 0 Å². The van der Waals surface area contributed by atoms with Crippen molar-refractivity contribution in [1.82, 2.24) is 4.90 Å². The van der Waals surface area contributed by atoms with Gasteiger partial charge in [0.25, 0.3) is 5.91 Å². The first kappa shape index (κ1) is 22.4. The number of amides is 1. The van der Waals surface area contributed by atoms with E-state index >= 15 is 0 Å². The molecule has 1 atom stereocenters. The molecule has 1 fully saturated rings. The number of nitrogens with one attached hydrogen (secondary N) is 2. The van der Waals surface area contributed by atoms with E-state index in [1.807, 2.05) is 73.3 Å². The zero-order valence-electron chi connectivity index (χ0n) is 18.6. The Balaban J connectivity index is 1.42. The highest BCUT2D eigenvalue weighted by molar-refractivity contribution is 7.99. The normalized spacial score (nSPS) is 15.2. The number of thioether (sulfide) groups is 1. The number of hydrogen-bond donors (Lipinski definition) is 2. The third-order valence-corrected chi connectivity index (χ3v) is 6.74. The molecule has 0 aliphatic carbocycles. The van der Waals surface area contributed by atoms with Crippen molar-refractivity contribution in [2.45, 2.75) is 19.4 Å². The molecule has 0 aromatic heterocycles. The van der Waals surface area contributed by atoms with Gasteiger partial charge in [-0.15, -0.1) is 0 Å². The Bertz CT molecular complexity index is 984. The summed E-state index contributed by atoms with van der Waals surface area (Å²) in [4.78, 5) is 15.7. The summed E-state index contributed by atoms with van der Waals surface area (Å²) < 4.78 is 0. The zero-order valence-corrected chi connectivity index (χ0v) is 19.4. The Hall–Kier alpha value is -2.76. The van der Waals surface area contributed by atoms with Gasteiger partial charge in [0.05, 0.1) is 0 Å². The van der Waals surface area contributed by atoms with E-state index in [0.717, 1.165) is 29.9 Å². The number of nitrogens with zero attached hydrogens (tertiary/aromatic N) is 1. The number of rotatable bonds is 8. The van der Waals surface area contributed by atoms with Crippen LogP contribution in [0.5, 0.6) is 0 Å². The van der Waals surface area contributed by atoms with Crippen LogP contribution in [0, 0.1) is 6.92 Å². The second kappa shape index (κ2) is 11.2. The van der Waals surface area contributed by atoms with Crippen LogP contribution in [0.2, 0.25) is 0 Å². The van der Waals surface area contributed by atoms with E-state index in [4.69, 9.17) is 0 Å². The van der Waals surface area contributed by atoms with Crippen LogP contribution in [-0.4, -0.2) is 41.9 Å². The summed E-state index contributed by atoms with van der Waals surface area (Å²) in [7, 11) is 0. The summed E-state index contributed by atoms with van der Waals surface area (Å²) in [6.07, 6.45) is 1.06. The molecule has 0 radical (unpaired) electrons. The monoisotopic (exact) mass is 445 g/mol. The van der Waals surface area contributed by atoms with Crippen LogP contribution in [0.25, 0.3) is 0 Å². The van der Waals surface area contributed by atoms with Crippen molar-refractivity contribution < 1.29 is 4.79 Å². The highest BCUT2D eigenvalue weighted by Gasteiger charge is 2.20. The quantitative estimate of drug-likeness (QED) is 0.489. The molecule has 1 aliphatic heterocycles. The molecule has 1 heterocycles. The molecular formula is C27H31N3OS. The highest BCUT2D eigenvalue weighted by Crippen LogP contribution is 2.23. The predicted octanol–water partition coefficient (Wildman–Crippen LogP) is 5.38. The fourth-order valence-electron chi connectivity index (χ4n) is 3.84. The molecule has 0 spiro atoms. The maximum atomic E-state index is 13.2. The number of carbonyl (C=O) groups excluding carboxylic acids is 1. The molecule has 1 aliphatic rings. The Morgan fingerprint density at radius 2 is 1.56 bits per heavy atom. The van der Waals surface area contributed by atoms with Crippen LogP contribution < -0.4 is 10.6 Å². The first-order valence-electron chi connectivity index (χ1n) is 11.3. The van der Waals surface area contributed by atoms with Gasteiger partial charge in [0.15, 0.2) is 0 Å². The summed E-state index contributed by atoms with van der Waals surface area (Å²) in [5.41, 5.74) is 5.17. The Morgan fingerprint density at radius 1 is 0.906 bits per heavy atom. The van der Waals surface area contributed by atoms with Gasteiger partial charge in [0.2, 0.25) is 0 Å². The molecule has 32 heavy (non-hydrogen) atoms. The lowest BCUT2D eigenvalue weighted by atomic mass is 10.0. The average Bonchev–Trinajstić information content (AvgIpc) is 2.84. The fraction of sp³-hybridized carbons (Fsp3) is 0.296. The Kier molecular flexibility index (Phi) is 7.86. The molecule has 2 N–H and O–H groups in total. The first-order valence-corrected chi connectivity index (χ1v) is 12.4. The van der Waals surface area contributed by atoms with E-state index in [9.17, 15) is 4.79 Å². The second-order valence-electron chi connectivity index (χ2n) is 8.24. The van der Waals surface area contributed by atoms with E-state index in [2.05, 4.69) is 39.8 Å². The molecule has 0 saturated carbocycles. The Labute approximate surface area is 195 Å². The summed E-state index contributed by atoms with van der Waals surface area (Å²) in [5.74, 6) is 2.41. The van der Waals surface area contributed by atoms with Gasteiger partial charge in [-0.3, -0.25) is 4.79 Å². The summed E-state index contributed by atoms with van der Waals surface area (Å²) in [5, 5.41) is 6.48. The Morgan fingerprint density at radius 3 is 2.25 bits per heavy atom. The lowest BCUT2D eigenvalue weighted by Gasteiger charge is -2.26. The van der Waals surface area contributed by atoms with Crippen molar-refractivity contribution >= 4 is 29.0 Å². The van der Waals surface area contributed by atoms with Crippen molar-refractivity contribution in [2.75, 3.05) is 41.8 Å². The SMILES string of the molecule is Cc1ccc(NC(=O)C(Nc2ccc(CCN3CCSCC3)cc2)c2ccccc2)cc1. The van der Waals surface area contributed by atoms with Crippen molar-refractivity contribution in [2.24, 2.45) is 0 Å². The van der Waals surface area contributed by atoms with Crippen LogP contribution in [0.4, 0.5) is 11.4 Å². The highest BCUT2D eigenvalue weighted by atomic mass is 32.2. The molecule has 4 nitrogen and oxygen atoms in total. The van der Waals surface area contributed by atoms with Gasteiger partial charge in [-0.1, -0.05) is 60.2 Å². The van der Waals surface area contributed by atoms with Crippen molar-refractivity contribution in [1.29, 1.82) is 0 Å².